The predicted molar refractivity (Wildman–Crippen MR) is 158 cm³/mol. The van der Waals surface area contributed by atoms with Gasteiger partial charge in [-0.15, -0.1) is 0 Å². The number of unbranched alkanes of at least 4 members (excludes halogenated alkanes) is 4. The average molecular weight is 599 g/mol. The lowest BCUT2D eigenvalue weighted by Gasteiger charge is -2.09. The molecule has 0 fully saturated rings. The van der Waals surface area contributed by atoms with E-state index in [0.29, 0.717) is 132 Å². The molecule has 0 aliphatic heterocycles. The number of ether oxygens (including phenoxy) is 11. The van der Waals surface area contributed by atoms with E-state index >= 15 is 0 Å². The third-order valence-corrected chi connectivity index (χ3v) is 5.42. The van der Waals surface area contributed by atoms with Crippen LogP contribution in [0.4, 0.5) is 0 Å². The van der Waals surface area contributed by atoms with Crippen LogP contribution in [-0.4, -0.2) is 145 Å². The van der Waals surface area contributed by atoms with Crippen molar-refractivity contribution in [3.05, 3.63) is 0 Å². The van der Waals surface area contributed by atoms with Crippen LogP contribution in [0.25, 0.3) is 0 Å². The summed E-state index contributed by atoms with van der Waals surface area (Å²) in [6, 6.07) is 0. The number of rotatable bonds is 37. The Morgan fingerprint density at radius 3 is 0.805 bits per heavy atom. The first-order valence-corrected chi connectivity index (χ1v) is 15.7. The third-order valence-electron chi connectivity index (χ3n) is 5.42. The van der Waals surface area contributed by atoms with E-state index in [4.69, 9.17) is 52.1 Å². The van der Waals surface area contributed by atoms with Gasteiger partial charge in [-0.05, 0) is 20.3 Å². The van der Waals surface area contributed by atoms with Gasteiger partial charge in [-0.25, -0.2) is 0 Å². The fourth-order valence-electron chi connectivity index (χ4n) is 3.23. The minimum Gasteiger partial charge on any atom is -0.379 e. The predicted octanol–water partition coefficient (Wildman–Crippen LogP) is 3.55. The highest BCUT2D eigenvalue weighted by Gasteiger charge is 1.97. The van der Waals surface area contributed by atoms with Crippen molar-refractivity contribution in [3.63, 3.8) is 0 Å². The van der Waals surface area contributed by atoms with Crippen molar-refractivity contribution in [1.82, 2.24) is 0 Å². The maximum atomic E-state index is 5.56. The van der Waals surface area contributed by atoms with E-state index in [2.05, 4.69) is 6.92 Å². The van der Waals surface area contributed by atoms with E-state index in [1.54, 1.807) is 0 Å². The van der Waals surface area contributed by atoms with Gasteiger partial charge in [-0.1, -0.05) is 32.6 Å². The summed E-state index contributed by atoms with van der Waals surface area (Å²) in [5.74, 6) is 0. The Bertz CT molecular complexity index is 458. The molecule has 0 aromatic heterocycles. The van der Waals surface area contributed by atoms with Crippen molar-refractivity contribution in [3.8, 4) is 0 Å². The maximum Gasteiger partial charge on any atom is 0.0703 e. The zero-order valence-corrected chi connectivity index (χ0v) is 26.5. The Kier molecular flexibility index (Phi) is 37.2. The van der Waals surface area contributed by atoms with Gasteiger partial charge in [-0.2, -0.15) is 0 Å². The molecule has 0 aromatic rings. The van der Waals surface area contributed by atoms with Crippen LogP contribution < -0.4 is 0 Å². The highest BCUT2D eigenvalue weighted by atomic mass is 16.6. The summed E-state index contributed by atoms with van der Waals surface area (Å²) in [4.78, 5) is 0. The van der Waals surface area contributed by atoms with E-state index in [-0.39, 0.29) is 6.10 Å². The summed E-state index contributed by atoms with van der Waals surface area (Å²) in [7, 11) is 0. The zero-order chi connectivity index (χ0) is 29.7. The van der Waals surface area contributed by atoms with Gasteiger partial charge in [0.1, 0.15) is 0 Å². The minimum absolute atomic E-state index is 0.235. The van der Waals surface area contributed by atoms with E-state index in [9.17, 15) is 0 Å². The summed E-state index contributed by atoms with van der Waals surface area (Å²) in [6.07, 6.45) is 6.53. The standard InChI is InChI=1S/C30H62O11/c1-4-5-6-7-8-9-31-10-11-32-12-13-33-14-15-34-16-17-35-18-19-36-20-21-37-22-23-38-24-25-39-26-27-40-28-29-41-30(2)3/h30H,4-29H2,1-3H3. The molecule has 0 radical (unpaired) electrons. The fraction of sp³-hybridized carbons (Fsp3) is 1.00. The van der Waals surface area contributed by atoms with Crippen LogP contribution in [0.1, 0.15) is 52.9 Å². The highest BCUT2D eigenvalue weighted by molar-refractivity contribution is 4.42. The second kappa shape index (κ2) is 37.6. The maximum absolute atomic E-state index is 5.56. The molecule has 0 aliphatic carbocycles. The molecule has 0 saturated carbocycles. The van der Waals surface area contributed by atoms with Gasteiger partial charge in [0.05, 0.1) is 138 Å². The Labute approximate surface area is 250 Å². The van der Waals surface area contributed by atoms with Crippen molar-refractivity contribution < 1.29 is 52.1 Å². The van der Waals surface area contributed by atoms with Gasteiger partial charge in [0.15, 0.2) is 0 Å². The molecule has 0 rings (SSSR count). The van der Waals surface area contributed by atoms with Crippen molar-refractivity contribution in [2.75, 3.05) is 139 Å². The lowest BCUT2D eigenvalue weighted by atomic mass is 10.2. The molecule has 248 valence electrons. The van der Waals surface area contributed by atoms with Gasteiger partial charge in [-0.3, -0.25) is 0 Å². The van der Waals surface area contributed by atoms with Crippen LogP contribution in [0.15, 0.2) is 0 Å². The molecule has 41 heavy (non-hydrogen) atoms. The van der Waals surface area contributed by atoms with Crippen LogP contribution in [-0.2, 0) is 52.1 Å². The van der Waals surface area contributed by atoms with Gasteiger partial charge in [0.2, 0.25) is 0 Å². The number of hydrogen-bond donors (Lipinski definition) is 0. The monoisotopic (exact) mass is 598 g/mol. The molecule has 0 unspecified atom stereocenters. The first-order chi connectivity index (χ1) is 20.3. The van der Waals surface area contributed by atoms with E-state index in [0.717, 1.165) is 13.0 Å². The molecule has 11 heteroatoms. The summed E-state index contributed by atoms with van der Waals surface area (Å²) in [6.45, 7) is 18.2. The Balaban J connectivity index is 3.03. The molecule has 0 aliphatic rings. The molecular weight excluding hydrogens is 536 g/mol. The van der Waals surface area contributed by atoms with Crippen molar-refractivity contribution >= 4 is 0 Å². The van der Waals surface area contributed by atoms with E-state index < -0.39 is 0 Å². The Morgan fingerprint density at radius 2 is 0.537 bits per heavy atom. The molecule has 0 spiro atoms. The smallest absolute Gasteiger partial charge is 0.0703 e. The van der Waals surface area contributed by atoms with Crippen LogP contribution in [0, 0.1) is 0 Å². The second-order valence-electron chi connectivity index (χ2n) is 9.46. The van der Waals surface area contributed by atoms with Gasteiger partial charge < -0.3 is 52.1 Å². The zero-order valence-electron chi connectivity index (χ0n) is 26.5. The van der Waals surface area contributed by atoms with Crippen molar-refractivity contribution in [2.45, 2.75) is 59.0 Å². The van der Waals surface area contributed by atoms with Gasteiger partial charge in [0, 0.05) is 6.61 Å². The first-order valence-electron chi connectivity index (χ1n) is 15.7. The molecule has 0 heterocycles. The Hall–Kier alpha value is -0.440. The fourth-order valence-corrected chi connectivity index (χ4v) is 3.23. The molecular formula is C30H62O11. The molecule has 11 nitrogen and oxygen atoms in total. The largest absolute Gasteiger partial charge is 0.379 e. The molecule has 0 saturated heterocycles. The second-order valence-corrected chi connectivity index (χ2v) is 9.46. The molecule has 0 bridgehead atoms. The molecule has 0 atom stereocenters. The minimum atomic E-state index is 0.235. The van der Waals surface area contributed by atoms with Gasteiger partial charge >= 0.3 is 0 Å². The summed E-state index contributed by atoms with van der Waals surface area (Å²) in [5, 5.41) is 0. The van der Waals surface area contributed by atoms with E-state index in [1.165, 1.54) is 25.7 Å². The summed E-state index contributed by atoms with van der Waals surface area (Å²) >= 11 is 0. The molecule has 0 amide bonds. The van der Waals surface area contributed by atoms with Crippen LogP contribution in [0.2, 0.25) is 0 Å². The highest BCUT2D eigenvalue weighted by Crippen LogP contribution is 2.02. The lowest BCUT2D eigenvalue weighted by Crippen LogP contribution is -2.15. The normalized spacial score (nSPS) is 11.7. The Morgan fingerprint density at radius 1 is 0.293 bits per heavy atom. The molecule has 0 aromatic carbocycles. The summed E-state index contributed by atoms with van der Waals surface area (Å²) in [5.41, 5.74) is 0. The van der Waals surface area contributed by atoms with E-state index in [1.807, 2.05) is 13.8 Å². The topological polar surface area (TPSA) is 102 Å². The first kappa shape index (κ1) is 40.6. The van der Waals surface area contributed by atoms with Gasteiger partial charge in [0.25, 0.3) is 0 Å². The SMILES string of the molecule is CCCCCCCOCCOCCOCCOCCOCCOCCOCCOCCOCCOCCOC(C)C. The summed E-state index contributed by atoms with van der Waals surface area (Å²) < 4.78 is 60.1. The average Bonchev–Trinajstić information content (AvgIpc) is 2.97. The van der Waals surface area contributed by atoms with Crippen molar-refractivity contribution in [1.29, 1.82) is 0 Å². The lowest BCUT2D eigenvalue weighted by molar-refractivity contribution is -0.0286. The van der Waals surface area contributed by atoms with Crippen molar-refractivity contribution in [2.24, 2.45) is 0 Å². The van der Waals surface area contributed by atoms with Crippen LogP contribution in [0.5, 0.6) is 0 Å². The number of hydrogen-bond acceptors (Lipinski definition) is 11. The van der Waals surface area contributed by atoms with Crippen LogP contribution >= 0.6 is 0 Å². The quantitative estimate of drug-likeness (QED) is 0.0982. The third kappa shape index (κ3) is 39.6. The molecule has 0 N–H and O–H groups in total. The van der Waals surface area contributed by atoms with Crippen LogP contribution in [0.3, 0.4) is 0 Å².